The van der Waals surface area contributed by atoms with E-state index in [1.807, 2.05) is 36.7 Å². The predicted octanol–water partition coefficient (Wildman–Crippen LogP) is 5.63. The molecule has 5 nitrogen and oxygen atoms in total. The van der Waals surface area contributed by atoms with Gasteiger partial charge >= 0.3 is 0 Å². The highest BCUT2D eigenvalue weighted by molar-refractivity contribution is 5.86. The number of imidazole rings is 1. The van der Waals surface area contributed by atoms with E-state index in [-0.39, 0.29) is 6.54 Å². The number of hydrogen-bond donors (Lipinski definition) is 0. The van der Waals surface area contributed by atoms with Gasteiger partial charge in [0.2, 0.25) is 0 Å². The molecule has 0 saturated heterocycles. The van der Waals surface area contributed by atoms with E-state index in [1.54, 1.807) is 12.4 Å². The fourth-order valence-electron chi connectivity index (χ4n) is 3.49. The highest BCUT2D eigenvalue weighted by Gasteiger charge is 2.42. The minimum absolute atomic E-state index is 0.0216. The Kier molecular flexibility index (Phi) is 4.91. The van der Waals surface area contributed by atoms with Gasteiger partial charge in [0.05, 0.1) is 35.7 Å². The summed E-state index contributed by atoms with van der Waals surface area (Å²) in [5.74, 6) is -2.47. The van der Waals surface area contributed by atoms with E-state index in [1.165, 1.54) is 24.6 Å². The fraction of sp³-hybridized carbons (Fsp3) is 0.348. The number of halogens is 3. The molecule has 3 aromatic heterocycles. The largest absolute Gasteiger partial charge is 0.331 e. The summed E-state index contributed by atoms with van der Waals surface area (Å²) in [5, 5.41) is 4.24. The van der Waals surface area contributed by atoms with Crippen LogP contribution in [0.15, 0.2) is 42.9 Å². The summed E-state index contributed by atoms with van der Waals surface area (Å²) in [6, 6.07) is 7.17. The van der Waals surface area contributed by atoms with Crippen molar-refractivity contribution in [3.8, 4) is 22.4 Å². The third-order valence-electron chi connectivity index (χ3n) is 5.92. The second-order valence-electron chi connectivity index (χ2n) is 8.67. The Hall–Kier alpha value is -3.16. The highest BCUT2D eigenvalue weighted by Crippen LogP contribution is 2.38. The van der Waals surface area contributed by atoms with Crippen LogP contribution in [0.4, 0.5) is 13.2 Å². The maximum absolute atomic E-state index is 14.1. The number of rotatable bonds is 5. The molecule has 0 aliphatic carbocycles. The van der Waals surface area contributed by atoms with Crippen LogP contribution in [0.1, 0.15) is 26.6 Å². The molecule has 0 aliphatic heterocycles. The van der Waals surface area contributed by atoms with Crippen molar-refractivity contribution in [2.75, 3.05) is 0 Å². The summed E-state index contributed by atoms with van der Waals surface area (Å²) < 4.78 is 45.4. The molecule has 0 saturated carbocycles. The van der Waals surface area contributed by atoms with E-state index < -0.39 is 17.2 Å². The van der Waals surface area contributed by atoms with Crippen molar-refractivity contribution < 1.29 is 13.2 Å². The van der Waals surface area contributed by atoms with Crippen LogP contribution in [-0.2, 0) is 13.6 Å². The summed E-state index contributed by atoms with van der Waals surface area (Å²) >= 11 is 0. The number of aromatic nitrogens is 5. The first-order valence-corrected chi connectivity index (χ1v) is 9.96. The smallest absolute Gasteiger partial charge is 0.252 e. The summed E-state index contributed by atoms with van der Waals surface area (Å²) in [6.45, 7) is 5.84. The van der Waals surface area contributed by atoms with Crippen molar-refractivity contribution in [2.24, 2.45) is 12.5 Å². The molecule has 4 rings (SSSR count). The van der Waals surface area contributed by atoms with Crippen LogP contribution in [0.5, 0.6) is 0 Å². The van der Waals surface area contributed by atoms with E-state index in [4.69, 9.17) is 0 Å². The van der Waals surface area contributed by atoms with Gasteiger partial charge in [-0.3, -0.25) is 9.67 Å². The molecule has 0 atom stereocenters. The van der Waals surface area contributed by atoms with Crippen LogP contribution in [-0.4, -0.2) is 30.2 Å². The zero-order valence-electron chi connectivity index (χ0n) is 18.1. The van der Waals surface area contributed by atoms with Crippen LogP contribution in [0.3, 0.4) is 0 Å². The number of fused-ring (bicyclic) bond motifs is 1. The number of pyridine rings is 1. The molecular weight excluding hydrogens is 403 g/mol. The molecule has 0 N–H and O–H groups in total. The van der Waals surface area contributed by atoms with E-state index in [0.29, 0.717) is 16.8 Å². The average Bonchev–Trinajstić information content (AvgIpc) is 3.24. The van der Waals surface area contributed by atoms with Gasteiger partial charge in [0.1, 0.15) is 11.6 Å². The lowest BCUT2D eigenvalue weighted by molar-refractivity contribution is -0.0973. The Morgan fingerprint density at radius 3 is 2.48 bits per heavy atom. The van der Waals surface area contributed by atoms with Crippen molar-refractivity contribution in [1.29, 1.82) is 0 Å². The Morgan fingerprint density at radius 1 is 1.03 bits per heavy atom. The highest BCUT2D eigenvalue weighted by atomic mass is 19.3. The molecule has 0 fully saturated rings. The quantitative estimate of drug-likeness (QED) is 0.415. The van der Waals surface area contributed by atoms with Crippen molar-refractivity contribution >= 4 is 11.0 Å². The first-order valence-electron chi connectivity index (χ1n) is 9.96. The minimum atomic E-state index is -2.87. The molecule has 3 heterocycles. The maximum Gasteiger partial charge on any atom is 0.252 e. The monoisotopic (exact) mass is 427 g/mol. The van der Waals surface area contributed by atoms with Gasteiger partial charge in [-0.2, -0.15) is 5.10 Å². The molecule has 1 aromatic carbocycles. The lowest BCUT2D eigenvalue weighted by Crippen LogP contribution is -2.37. The lowest BCUT2D eigenvalue weighted by Gasteiger charge is -2.31. The fourth-order valence-corrected chi connectivity index (χ4v) is 3.49. The predicted molar refractivity (Wildman–Crippen MR) is 114 cm³/mol. The third-order valence-corrected chi connectivity index (χ3v) is 5.92. The van der Waals surface area contributed by atoms with Crippen LogP contribution in [0, 0.1) is 18.2 Å². The van der Waals surface area contributed by atoms with Gasteiger partial charge < -0.3 is 4.57 Å². The first-order chi connectivity index (χ1) is 14.5. The van der Waals surface area contributed by atoms with Crippen LogP contribution < -0.4 is 0 Å². The van der Waals surface area contributed by atoms with E-state index >= 15 is 0 Å². The molecule has 0 radical (unpaired) electrons. The SMILES string of the molecule is Cc1nc2cc(-c3ncc(F)cc3-c3cnn(CC(C)(C)C(C)(F)F)c3)ccc2n1C. The molecule has 4 aromatic rings. The molecular formula is C23H24F3N5. The third kappa shape index (κ3) is 3.82. The van der Waals surface area contributed by atoms with E-state index in [2.05, 4.69) is 15.1 Å². The van der Waals surface area contributed by atoms with Gasteiger partial charge in [-0.05, 0) is 32.0 Å². The Bertz CT molecular complexity index is 1260. The summed E-state index contributed by atoms with van der Waals surface area (Å²) in [7, 11) is 1.95. The topological polar surface area (TPSA) is 48.5 Å². The van der Waals surface area contributed by atoms with Gasteiger partial charge in [-0.25, -0.2) is 18.2 Å². The lowest BCUT2D eigenvalue weighted by atomic mass is 9.86. The van der Waals surface area contributed by atoms with Crippen LogP contribution >= 0.6 is 0 Å². The zero-order chi connectivity index (χ0) is 22.6. The summed E-state index contributed by atoms with van der Waals surface area (Å²) in [6.07, 6.45) is 4.36. The van der Waals surface area contributed by atoms with E-state index in [9.17, 15) is 13.2 Å². The number of benzene rings is 1. The van der Waals surface area contributed by atoms with Crippen molar-refractivity contribution in [1.82, 2.24) is 24.3 Å². The average molecular weight is 427 g/mol. The van der Waals surface area contributed by atoms with Gasteiger partial charge in [0.15, 0.2) is 0 Å². The first kappa shape index (κ1) is 21.1. The van der Waals surface area contributed by atoms with Crippen LogP contribution in [0.25, 0.3) is 33.4 Å². The summed E-state index contributed by atoms with van der Waals surface area (Å²) in [5.41, 5.74) is 3.02. The van der Waals surface area contributed by atoms with Crippen molar-refractivity contribution in [3.63, 3.8) is 0 Å². The van der Waals surface area contributed by atoms with Crippen molar-refractivity contribution in [2.45, 2.75) is 40.2 Å². The molecule has 0 spiro atoms. The summed E-state index contributed by atoms with van der Waals surface area (Å²) in [4.78, 5) is 8.88. The molecule has 0 aliphatic rings. The molecule has 8 heteroatoms. The Balaban J connectivity index is 1.76. The number of aryl methyl sites for hydroxylation is 2. The Labute approximate surface area is 178 Å². The Morgan fingerprint density at radius 2 is 1.77 bits per heavy atom. The van der Waals surface area contributed by atoms with Gasteiger partial charge in [-0.15, -0.1) is 0 Å². The normalized spacial score (nSPS) is 12.6. The second kappa shape index (κ2) is 7.21. The van der Waals surface area contributed by atoms with Gasteiger partial charge in [0.25, 0.3) is 5.92 Å². The number of hydrogen-bond acceptors (Lipinski definition) is 3. The van der Waals surface area contributed by atoms with E-state index in [0.717, 1.165) is 35.5 Å². The molecule has 31 heavy (non-hydrogen) atoms. The maximum atomic E-state index is 14.1. The zero-order valence-corrected chi connectivity index (χ0v) is 18.1. The molecule has 0 bridgehead atoms. The number of alkyl halides is 2. The molecule has 0 amide bonds. The standard InChI is InChI=1S/C23H24F3N5/c1-14-29-19-8-15(6-7-20(19)30(14)5)21-18(9-17(24)11-27-21)16-10-28-31(12-16)13-22(2,3)23(4,25)26/h6-12H,13H2,1-5H3. The van der Waals surface area contributed by atoms with Gasteiger partial charge in [0, 0.05) is 35.3 Å². The molecule has 0 unspecified atom stereocenters. The minimum Gasteiger partial charge on any atom is -0.331 e. The van der Waals surface area contributed by atoms with Crippen molar-refractivity contribution in [3.05, 3.63) is 54.5 Å². The number of nitrogens with zero attached hydrogens (tertiary/aromatic N) is 5. The molecule has 162 valence electrons. The van der Waals surface area contributed by atoms with Gasteiger partial charge in [-0.1, -0.05) is 19.9 Å². The van der Waals surface area contributed by atoms with Crippen LogP contribution in [0.2, 0.25) is 0 Å². The second-order valence-corrected chi connectivity index (χ2v) is 8.67.